The number of benzene rings is 1. The zero-order valence-corrected chi connectivity index (χ0v) is 19.8. The summed E-state index contributed by atoms with van der Waals surface area (Å²) in [7, 11) is -3.90. The Kier molecular flexibility index (Phi) is 6.18. The summed E-state index contributed by atoms with van der Waals surface area (Å²) in [6, 6.07) is 4.20. The first-order chi connectivity index (χ1) is 15.0. The minimum Gasteiger partial charge on any atom is -0.378 e. The van der Waals surface area contributed by atoms with Crippen molar-refractivity contribution in [1.82, 2.24) is 19.5 Å². The fourth-order valence-corrected chi connectivity index (χ4v) is 5.84. The largest absolute Gasteiger partial charge is 0.378 e. The predicted molar refractivity (Wildman–Crippen MR) is 119 cm³/mol. The normalized spacial score (nSPS) is 17.5. The van der Waals surface area contributed by atoms with Crippen LogP contribution in [0.1, 0.15) is 39.7 Å². The third kappa shape index (κ3) is 5.05. The zero-order valence-electron chi connectivity index (χ0n) is 18.1. The molecule has 2 fully saturated rings. The molecule has 0 amide bonds. The van der Waals surface area contributed by atoms with Crippen LogP contribution in [-0.4, -0.2) is 59.9 Å². The fraction of sp³-hybridized carbons (Fsp3) is 0.579. The quantitative estimate of drug-likeness (QED) is 0.467. The molecule has 32 heavy (non-hydrogen) atoms. The number of sulfonamides is 1. The average molecular weight is 483 g/mol. The monoisotopic (exact) mass is 482 g/mol. The van der Waals surface area contributed by atoms with Gasteiger partial charge >= 0.3 is 0 Å². The Bertz CT molecular complexity index is 1120. The summed E-state index contributed by atoms with van der Waals surface area (Å²) in [5.41, 5.74) is -0.998. The van der Waals surface area contributed by atoms with Crippen LogP contribution in [0.2, 0.25) is 0 Å². The van der Waals surface area contributed by atoms with Crippen LogP contribution in [0.4, 0.5) is 11.6 Å². The molecule has 0 bridgehead atoms. The summed E-state index contributed by atoms with van der Waals surface area (Å²) in [6.07, 6.45) is 2.00. The van der Waals surface area contributed by atoms with Gasteiger partial charge in [-0.1, -0.05) is 0 Å². The van der Waals surface area contributed by atoms with E-state index in [1.54, 1.807) is 20.8 Å². The fourth-order valence-electron chi connectivity index (χ4n) is 3.42. The molecule has 1 saturated carbocycles. The molecule has 1 aromatic carbocycles. The minimum absolute atomic E-state index is 0.152. The van der Waals surface area contributed by atoms with E-state index in [1.807, 2.05) is 4.57 Å². The molecule has 0 atom stereocenters. The molecule has 1 saturated heterocycles. The molecule has 11 nitrogen and oxygen atoms in total. The third-order valence-corrected chi connectivity index (χ3v) is 7.71. The molecule has 13 heteroatoms. The van der Waals surface area contributed by atoms with E-state index in [0.29, 0.717) is 36.4 Å². The summed E-state index contributed by atoms with van der Waals surface area (Å²) < 4.78 is 35.2. The summed E-state index contributed by atoms with van der Waals surface area (Å²) in [4.78, 5) is 13.5. The van der Waals surface area contributed by atoms with Crippen LogP contribution in [0.5, 0.6) is 0 Å². The van der Waals surface area contributed by atoms with E-state index in [9.17, 15) is 18.5 Å². The van der Waals surface area contributed by atoms with Gasteiger partial charge in [0.05, 0.1) is 27.9 Å². The lowest BCUT2D eigenvalue weighted by atomic mass is 10.1. The zero-order chi connectivity index (χ0) is 23.1. The van der Waals surface area contributed by atoms with E-state index in [0.717, 1.165) is 36.6 Å². The maximum absolute atomic E-state index is 12.6. The first-order valence-electron chi connectivity index (χ1n) is 10.3. The molecule has 174 valence electrons. The van der Waals surface area contributed by atoms with Gasteiger partial charge in [-0.3, -0.25) is 14.7 Å². The van der Waals surface area contributed by atoms with Crippen molar-refractivity contribution in [3.05, 3.63) is 28.3 Å². The van der Waals surface area contributed by atoms with Crippen LogP contribution in [-0.2, 0) is 14.8 Å². The molecule has 0 unspecified atom stereocenters. The van der Waals surface area contributed by atoms with E-state index in [4.69, 9.17) is 4.74 Å². The summed E-state index contributed by atoms with van der Waals surface area (Å²) in [5, 5.41) is 21.0. The third-order valence-electron chi connectivity index (χ3n) is 4.93. The number of ether oxygens (including phenoxy) is 1. The Balaban J connectivity index is 1.66. The lowest BCUT2D eigenvalue weighted by molar-refractivity contribution is -0.388. The van der Waals surface area contributed by atoms with Crippen molar-refractivity contribution in [3.63, 3.8) is 0 Å². The van der Waals surface area contributed by atoms with Crippen LogP contribution < -0.4 is 9.62 Å². The van der Waals surface area contributed by atoms with Crippen LogP contribution in [0.15, 0.2) is 33.1 Å². The molecule has 0 spiro atoms. The van der Waals surface area contributed by atoms with Crippen molar-refractivity contribution in [3.8, 4) is 0 Å². The molecule has 1 aliphatic heterocycles. The summed E-state index contributed by atoms with van der Waals surface area (Å²) >= 11 is 1.13. The first kappa shape index (κ1) is 23.0. The van der Waals surface area contributed by atoms with Crippen LogP contribution in [0.3, 0.4) is 0 Å². The van der Waals surface area contributed by atoms with E-state index in [-0.39, 0.29) is 16.6 Å². The Morgan fingerprint density at radius 2 is 1.91 bits per heavy atom. The summed E-state index contributed by atoms with van der Waals surface area (Å²) in [6.45, 7) is 7.78. The standard InChI is InChI=1S/C19H26N6O5S2/c1-19(2,3)22-32(28,29)14-6-7-16(15(12-14)25(26)27)31-18-21-20-17(24(18)13-4-5-13)23-8-10-30-11-9-23/h6-7,12-13,22H,4-5,8-11H2,1-3H3. The van der Waals surface area contributed by atoms with Crippen LogP contribution in [0.25, 0.3) is 0 Å². The first-order valence-corrected chi connectivity index (χ1v) is 12.6. The second-order valence-electron chi connectivity index (χ2n) is 8.83. The summed E-state index contributed by atoms with van der Waals surface area (Å²) in [5.74, 6) is 0.745. The number of anilines is 1. The van der Waals surface area contributed by atoms with Gasteiger partial charge < -0.3 is 9.64 Å². The molecule has 4 rings (SSSR count). The van der Waals surface area contributed by atoms with Gasteiger partial charge in [-0.05, 0) is 57.5 Å². The van der Waals surface area contributed by atoms with E-state index in [1.165, 1.54) is 12.1 Å². The van der Waals surface area contributed by atoms with Gasteiger partial charge in [0.15, 0.2) is 5.16 Å². The number of hydrogen-bond acceptors (Lipinski definition) is 9. The maximum Gasteiger partial charge on any atom is 0.284 e. The predicted octanol–water partition coefficient (Wildman–Crippen LogP) is 2.59. The SMILES string of the molecule is CC(C)(C)NS(=O)(=O)c1ccc(Sc2nnc(N3CCOCC3)n2C2CC2)c([N+](=O)[O-])c1. The molecule has 0 radical (unpaired) electrons. The smallest absolute Gasteiger partial charge is 0.284 e. The topological polar surface area (TPSA) is 132 Å². The van der Waals surface area contributed by atoms with Crippen molar-refractivity contribution in [2.24, 2.45) is 0 Å². The Hall–Kier alpha value is -2.22. The van der Waals surface area contributed by atoms with Crippen molar-refractivity contribution in [2.45, 2.75) is 60.1 Å². The highest BCUT2D eigenvalue weighted by Crippen LogP contribution is 2.44. The van der Waals surface area contributed by atoms with Crippen molar-refractivity contribution in [1.29, 1.82) is 0 Å². The molecule has 1 aromatic heterocycles. The average Bonchev–Trinajstić information content (AvgIpc) is 3.47. The molecule has 2 aromatic rings. The number of nitro benzene ring substituents is 1. The number of nitrogens with zero attached hydrogens (tertiary/aromatic N) is 5. The highest BCUT2D eigenvalue weighted by atomic mass is 32.2. The van der Waals surface area contributed by atoms with Crippen molar-refractivity contribution in [2.75, 3.05) is 31.2 Å². The maximum atomic E-state index is 12.6. The van der Waals surface area contributed by atoms with Crippen molar-refractivity contribution < 1.29 is 18.1 Å². The lowest BCUT2D eigenvalue weighted by Gasteiger charge is -2.27. The highest BCUT2D eigenvalue weighted by molar-refractivity contribution is 7.99. The Morgan fingerprint density at radius 3 is 2.50 bits per heavy atom. The Labute approximate surface area is 190 Å². The molecular formula is C19H26N6O5S2. The number of rotatable bonds is 7. The number of nitrogens with one attached hydrogen (secondary N) is 1. The lowest BCUT2D eigenvalue weighted by Crippen LogP contribution is -2.40. The highest BCUT2D eigenvalue weighted by Gasteiger charge is 2.33. The van der Waals surface area contributed by atoms with Crippen LogP contribution in [0, 0.1) is 10.1 Å². The second kappa shape index (κ2) is 8.61. The number of morpholine rings is 1. The van der Waals surface area contributed by atoms with Gasteiger partial charge in [0, 0.05) is 30.7 Å². The van der Waals surface area contributed by atoms with Gasteiger partial charge in [-0.2, -0.15) is 0 Å². The van der Waals surface area contributed by atoms with E-state index in [2.05, 4.69) is 19.8 Å². The second-order valence-corrected chi connectivity index (χ2v) is 11.5. The number of nitro groups is 1. The van der Waals surface area contributed by atoms with E-state index >= 15 is 0 Å². The molecular weight excluding hydrogens is 456 g/mol. The Morgan fingerprint density at radius 1 is 1.22 bits per heavy atom. The van der Waals surface area contributed by atoms with Gasteiger partial charge in [0.25, 0.3) is 5.69 Å². The minimum atomic E-state index is -3.90. The number of aromatic nitrogens is 3. The molecule has 2 heterocycles. The van der Waals surface area contributed by atoms with Gasteiger partial charge in [-0.15, -0.1) is 10.2 Å². The molecule has 1 aliphatic carbocycles. The molecule has 2 aliphatic rings. The molecule has 1 N–H and O–H groups in total. The van der Waals surface area contributed by atoms with Gasteiger partial charge in [-0.25, -0.2) is 13.1 Å². The van der Waals surface area contributed by atoms with Crippen molar-refractivity contribution >= 4 is 33.4 Å². The van der Waals surface area contributed by atoms with Crippen LogP contribution >= 0.6 is 11.8 Å². The van der Waals surface area contributed by atoms with Gasteiger partial charge in [0.2, 0.25) is 16.0 Å². The number of hydrogen-bond donors (Lipinski definition) is 1. The van der Waals surface area contributed by atoms with Gasteiger partial charge in [0.1, 0.15) is 0 Å². The van der Waals surface area contributed by atoms with E-state index < -0.39 is 20.5 Å².